The van der Waals surface area contributed by atoms with Crippen molar-refractivity contribution in [2.24, 2.45) is 5.73 Å². The molecule has 90 valence electrons. The Labute approximate surface area is 103 Å². The number of oxazole rings is 1. The third kappa shape index (κ3) is 3.31. The fourth-order valence-corrected chi connectivity index (χ4v) is 2.23. The molecule has 0 amide bonds. The Morgan fingerprint density at radius 1 is 1.53 bits per heavy atom. The molecule has 3 nitrogen and oxygen atoms in total. The van der Waals surface area contributed by atoms with Gasteiger partial charge in [0.05, 0.1) is 5.69 Å². The molecule has 0 spiro atoms. The Bertz CT molecular complexity index is 501. The zero-order valence-electron chi connectivity index (χ0n) is 9.39. The summed E-state index contributed by atoms with van der Waals surface area (Å²) >= 11 is 1.42. The summed E-state index contributed by atoms with van der Waals surface area (Å²) in [6.07, 6.45) is 1.59. The molecule has 2 rings (SSSR count). The molecule has 17 heavy (non-hydrogen) atoms. The first-order chi connectivity index (χ1) is 8.15. The molecular weight excluding hydrogens is 239 g/mol. The van der Waals surface area contributed by atoms with Crippen molar-refractivity contribution in [3.8, 4) is 0 Å². The summed E-state index contributed by atoms with van der Waals surface area (Å²) < 4.78 is 18.2. The average Bonchev–Trinajstić information content (AvgIpc) is 2.72. The van der Waals surface area contributed by atoms with Gasteiger partial charge in [0.1, 0.15) is 12.1 Å². The molecule has 1 aromatic carbocycles. The van der Waals surface area contributed by atoms with Crippen LogP contribution < -0.4 is 5.73 Å². The summed E-state index contributed by atoms with van der Waals surface area (Å²) in [6, 6.07) is 6.09. The minimum absolute atomic E-state index is 0.233. The molecule has 0 saturated carbocycles. The Morgan fingerprint density at radius 2 is 2.35 bits per heavy atom. The highest BCUT2D eigenvalue weighted by Crippen LogP contribution is 2.23. The number of hydrogen-bond donors (Lipinski definition) is 1. The van der Waals surface area contributed by atoms with Crippen molar-refractivity contribution in [3.63, 3.8) is 0 Å². The predicted octanol–water partition coefficient (Wildman–Crippen LogP) is 2.91. The normalized spacial score (nSPS) is 12.6. The largest absolute Gasteiger partial charge is 0.440 e. The Kier molecular flexibility index (Phi) is 3.81. The summed E-state index contributed by atoms with van der Waals surface area (Å²) in [4.78, 5) is 4.16. The van der Waals surface area contributed by atoms with Crippen LogP contribution in [0.2, 0.25) is 0 Å². The highest BCUT2D eigenvalue weighted by atomic mass is 32.2. The van der Waals surface area contributed by atoms with Gasteiger partial charge < -0.3 is 10.2 Å². The minimum Gasteiger partial charge on any atom is -0.440 e. The zero-order chi connectivity index (χ0) is 12.3. The zero-order valence-corrected chi connectivity index (χ0v) is 10.2. The molecule has 0 radical (unpaired) electrons. The van der Waals surface area contributed by atoms with Crippen LogP contribution in [0.15, 0.2) is 40.2 Å². The monoisotopic (exact) mass is 252 g/mol. The quantitative estimate of drug-likeness (QED) is 0.850. The molecule has 0 fully saturated rings. The number of thioether (sulfide) groups is 1. The van der Waals surface area contributed by atoms with Gasteiger partial charge in [0.2, 0.25) is 0 Å². The second kappa shape index (κ2) is 5.33. The van der Waals surface area contributed by atoms with E-state index in [-0.39, 0.29) is 11.9 Å². The van der Waals surface area contributed by atoms with Crippen LogP contribution >= 0.6 is 11.8 Å². The van der Waals surface area contributed by atoms with Crippen LogP contribution in [0.3, 0.4) is 0 Å². The Hall–Kier alpha value is -1.33. The molecule has 0 aliphatic heterocycles. The van der Waals surface area contributed by atoms with Crippen LogP contribution in [0.1, 0.15) is 17.3 Å². The van der Waals surface area contributed by atoms with Gasteiger partial charge in [-0.2, -0.15) is 0 Å². The summed E-state index contributed by atoms with van der Waals surface area (Å²) in [7, 11) is 0. The van der Waals surface area contributed by atoms with E-state index in [2.05, 4.69) is 4.98 Å². The molecule has 2 N–H and O–H groups in total. The average molecular weight is 252 g/mol. The lowest BCUT2D eigenvalue weighted by atomic mass is 10.1. The number of hydrogen-bond acceptors (Lipinski definition) is 4. The molecule has 0 aliphatic rings. The van der Waals surface area contributed by atoms with Crippen molar-refractivity contribution >= 4 is 11.8 Å². The first-order valence-electron chi connectivity index (χ1n) is 5.21. The van der Waals surface area contributed by atoms with E-state index in [0.717, 1.165) is 11.3 Å². The number of nitrogens with two attached hydrogens (primary N) is 1. The van der Waals surface area contributed by atoms with Crippen molar-refractivity contribution in [2.45, 2.75) is 18.2 Å². The van der Waals surface area contributed by atoms with Crippen LogP contribution in [-0.2, 0) is 0 Å². The predicted molar refractivity (Wildman–Crippen MR) is 65.3 cm³/mol. The van der Waals surface area contributed by atoms with Gasteiger partial charge >= 0.3 is 0 Å². The lowest BCUT2D eigenvalue weighted by molar-refractivity contribution is 0.453. The first-order valence-corrected chi connectivity index (χ1v) is 6.19. The van der Waals surface area contributed by atoms with E-state index in [4.69, 9.17) is 10.2 Å². The van der Waals surface area contributed by atoms with Crippen molar-refractivity contribution in [2.75, 3.05) is 5.75 Å². The van der Waals surface area contributed by atoms with Gasteiger partial charge in [0.25, 0.3) is 5.22 Å². The van der Waals surface area contributed by atoms with E-state index < -0.39 is 0 Å². The van der Waals surface area contributed by atoms with Gasteiger partial charge in [-0.05, 0) is 24.6 Å². The van der Waals surface area contributed by atoms with Crippen molar-refractivity contribution in [1.82, 2.24) is 4.98 Å². The maximum atomic E-state index is 13.0. The smallest absolute Gasteiger partial charge is 0.255 e. The lowest BCUT2D eigenvalue weighted by Gasteiger charge is -2.10. The minimum atomic E-state index is -0.269. The maximum Gasteiger partial charge on any atom is 0.255 e. The summed E-state index contributed by atoms with van der Waals surface area (Å²) in [5, 5.41) is 0.592. The fraction of sp³-hybridized carbons (Fsp3) is 0.250. The van der Waals surface area contributed by atoms with Gasteiger partial charge in [0.15, 0.2) is 0 Å². The number of aryl methyl sites for hydroxylation is 1. The molecule has 1 unspecified atom stereocenters. The fourth-order valence-electron chi connectivity index (χ4n) is 1.39. The molecule has 0 saturated heterocycles. The summed E-state index contributed by atoms with van der Waals surface area (Å²) in [6.45, 7) is 1.86. The van der Waals surface area contributed by atoms with Gasteiger partial charge in [-0.15, -0.1) is 0 Å². The number of halogens is 1. The standard InChI is InChI=1S/C12H13FN2OS/c1-8-6-16-12(15-8)17-7-11(14)9-3-2-4-10(13)5-9/h2-6,11H,7,14H2,1H3. The molecule has 1 atom stereocenters. The van der Waals surface area contributed by atoms with Crippen LogP contribution in [0, 0.1) is 12.7 Å². The molecule has 0 bridgehead atoms. The molecule has 5 heteroatoms. The van der Waals surface area contributed by atoms with E-state index >= 15 is 0 Å². The highest BCUT2D eigenvalue weighted by Gasteiger charge is 2.09. The summed E-state index contributed by atoms with van der Waals surface area (Å²) in [5.41, 5.74) is 7.58. The maximum absolute atomic E-state index is 13.0. The summed E-state index contributed by atoms with van der Waals surface area (Å²) in [5.74, 6) is 0.332. The van der Waals surface area contributed by atoms with E-state index in [0.29, 0.717) is 11.0 Å². The lowest BCUT2D eigenvalue weighted by Crippen LogP contribution is -2.13. The molecular formula is C12H13FN2OS. The molecule has 1 heterocycles. The molecule has 0 aliphatic carbocycles. The van der Waals surface area contributed by atoms with Gasteiger partial charge in [0, 0.05) is 11.8 Å². The van der Waals surface area contributed by atoms with Crippen LogP contribution in [0.4, 0.5) is 4.39 Å². The Balaban J connectivity index is 1.95. The first kappa shape index (κ1) is 12.1. The molecule has 2 aromatic rings. The SMILES string of the molecule is Cc1coc(SCC(N)c2cccc(F)c2)n1. The van der Waals surface area contributed by atoms with Gasteiger partial charge in [-0.1, -0.05) is 23.9 Å². The van der Waals surface area contributed by atoms with E-state index in [1.54, 1.807) is 12.3 Å². The highest BCUT2D eigenvalue weighted by molar-refractivity contribution is 7.99. The van der Waals surface area contributed by atoms with Crippen LogP contribution in [0.5, 0.6) is 0 Å². The number of aromatic nitrogens is 1. The van der Waals surface area contributed by atoms with Crippen LogP contribution in [0.25, 0.3) is 0 Å². The van der Waals surface area contributed by atoms with Crippen LogP contribution in [-0.4, -0.2) is 10.7 Å². The number of benzene rings is 1. The van der Waals surface area contributed by atoms with E-state index in [9.17, 15) is 4.39 Å². The number of nitrogens with zero attached hydrogens (tertiary/aromatic N) is 1. The van der Waals surface area contributed by atoms with Crippen molar-refractivity contribution in [3.05, 3.63) is 47.6 Å². The van der Waals surface area contributed by atoms with Gasteiger partial charge in [-0.25, -0.2) is 9.37 Å². The van der Waals surface area contributed by atoms with Crippen molar-refractivity contribution < 1.29 is 8.81 Å². The van der Waals surface area contributed by atoms with Gasteiger partial charge in [-0.3, -0.25) is 0 Å². The van der Waals surface area contributed by atoms with E-state index in [1.807, 2.05) is 13.0 Å². The van der Waals surface area contributed by atoms with Crippen molar-refractivity contribution in [1.29, 1.82) is 0 Å². The number of rotatable bonds is 4. The second-order valence-corrected chi connectivity index (χ2v) is 4.70. The van der Waals surface area contributed by atoms with E-state index in [1.165, 1.54) is 23.9 Å². The third-order valence-corrected chi connectivity index (χ3v) is 3.22. The Morgan fingerprint density at radius 3 is 3.00 bits per heavy atom. The molecule has 1 aromatic heterocycles. The topological polar surface area (TPSA) is 52.0 Å². The third-order valence-electron chi connectivity index (χ3n) is 2.26. The second-order valence-electron chi connectivity index (χ2n) is 3.73.